The number of nitrogens with two attached hydrogens (primary N) is 1. The molecule has 5 nitrogen and oxygen atoms in total. The van der Waals surface area contributed by atoms with Crippen molar-refractivity contribution >= 4 is 22.4 Å². The Morgan fingerprint density at radius 1 is 1.35 bits per heavy atom. The van der Waals surface area contributed by atoms with E-state index in [1.165, 1.54) is 13.0 Å². The summed E-state index contributed by atoms with van der Waals surface area (Å²) in [5, 5.41) is 12.2. The Morgan fingerprint density at radius 2 is 2.00 bits per heavy atom. The second-order valence-corrected chi connectivity index (χ2v) is 3.74. The third-order valence-corrected chi connectivity index (χ3v) is 2.72. The fourth-order valence-electron chi connectivity index (χ4n) is 1.94. The first-order valence-corrected chi connectivity index (χ1v) is 4.99. The lowest BCUT2D eigenvalue weighted by atomic mass is 9.97. The number of hydrogen-bond donors (Lipinski definition) is 1. The van der Waals surface area contributed by atoms with Crippen molar-refractivity contribution in [3.05, 3.63) is 51.6 Å². The highest BCUT2D eigenvalue weighted by molar-refractivity contribution is 6.08. The van der Waals surface area contributed by atoms with Crippen LogP contribution in [0.5, 0.6) is 0 Å². The summed E-state index contributed by atoms with van der Waals surface area (Å²) in [4.78, 5) is 21.8. The lowest BCUT2D eigenvalue weighted by Crippen LogP contribution is -2.14. The number of hydrogen-bond acceptors (Lipinski definition) is 3. The lowest BCUT2D eigenvalue weighted by Gasteiger charge is -2.07. The summed E-state index contributed by atoms with van der Waals surface area (Å²) in [5.74, 6) is -0.651. The fraction of sp³-hybridized carbons (Fsp3) is 0.0833. The predicted molar refractivity (Wildman–Crippen MR) is 63.9 cm³/mol. The number of rotatable bonds is 2. The number of carbonyl (C=O) groups excluding carboxylic acids is 1. The summed E-state index contributed by atoms with van der Waals surface area (Å²) in [6.07, 6.45) is 0. The Hall–Kier alpha value is -2.43. The first-order valence-electron chi connectivity index (χ1n) is 4.99. The Morgan fingerprint density at radius 3 is 2.59 bits per heavy atom. The van der Waals surface area contributed by atoms with Gasteiger partial charge < -0.3 is 5.73 Å². The van der Waals surface area contributed by atoms with Crippen LogP contribution in [0, 0.1) is 17.0 Å². The number of primary amides is 1. The van der Waals surface area contributed by atoms with E-state index < -0.39 is 10.8 Å². The molecule has 86 valence electrons. The topological polar surface area (TPSA) is 86.2 Å². The number of fused-ring (bicyclic) bond motifs is 1. The first kappa shape index (κ1) is 11.1. The van der Waals surface area contributed by atoms with Crippen LogP contribution in [-0.4, -0.2) is 10.8 Å². The molecule has 0 aliphatic carbocycles. The van der Waals surface area contributed by atoms with Crippen LogP contribution in [0.2, 0.25) is 0 Å². The second kappa shape index (κ2) is 3.86. The number of benzene rings is 2. The molecule has 0 aromatic heterocycles. The van der Waals surface area contributed by atoms with Crippen LogP contribution in [0.15, 0.2) is 30.3 Å². The molecule has 0 bridgehead atoms. The SMILES string of the molecule is Cc1c([N+](=O)[O-])cc2ccccc2c1C(N)=O. The summed E-state index contributed by atoms with van der Waals surface area (Å²) in [5.41, 5.74) is 5.73. The molecule has 0 fully saturated rings. The monoisotopic (exact) mass is 230 g/mol. The van der Waals surface area contributed by atoms with E-state index in [2.05, 4.69) is 0 Å². The van der Waals surface area contributed by atoms with Crippen molar-refractivity contribution in [2.45, 2.75) is 6.92 Å². The van der Waals surface area contributed by atoms with Gasteiger partial charge in [-0.25, -0.2) is 0 Å². The van der Waals surface area contributed by atoms with Crippen molar-refractivity contribution in [2.75, 3.05) is 0 Å². The Labute approximate surface area is 97.0 Å². The third-order valence-electron chi connectivity index (χ3n) is 2.72. The van der Waals surface area contributed by atoms with Crippen molar-refractivity contribution in [2.24, 2.45) is 5.73 Å². The summed E-state index contributed by atoms with van der Waals surface area (Å²) < 4.78 is 0. The quantitative estimate of drug-likeness (QED) is 0.633. The van der Waals surface area contributed by atoms with E-state index in [1.54, 1.807) is 24.3 Å². The smallest absolute Gasteiger partial charge is 0.273 e. The van der Waals surface area contributed by atoms with Crippen LogP contribution in [-0.2, 0) is 0 Å². The molecule has 0 spiro atoms. The molecule has 0 unspecified atom stereocenters. The van der Waals surface area contributed by atoms with Gasteiger partial charge in [0.05, 0.1) is 10.5 Å². The fourth-order valence-corrected chi connectivity index (χ4v) is 1.94. The van der Waals surface area contributed by atoms with Crippen LogP contribution < -0.4 is 5.73 Å². The van der Waals surface area contributed by atoms with Crippen LogP contribution in [0.25, 0.3) is 10.8 Å². The number of nitro benzene ring substituents is 1. The average Bonchev–Trinajstić information content (AvgIpc) is 2.27. The van der Waals surface area contributed by atoms with E-state index >= 15 is 0 Å². The van der Waals surface area contributed by atoms with Gasteiger partial charge in [0.15, 0.2) is 0 Å². The standard InChI is InChI=1S/C12H10N2O3/c1-7-10(14(16)17)6-8-4-2-3-5-9(8)11(7)12(13)15/h2-6H,1H3,(H2,13,15). The van der Waals surface area contributed by atoms with Crippen LogP contribution in [0.1, 0.15) is 15.9 Å². The van der Waals surface area contributed by atoms with Gasteiger partial charge in [0.25, 0.3) is 5.69 Å². The Balaban J connectivity index is 2.95. The van der Waals surface area contributed by atoms with Gasteiger partial charge in [-0.2, -0.15) is 0 Å². The summed E-state index contributed by atoms with van der Waals surface area (Å²) in [6.45, 7) is 1.53. The van der Waals surface area contributed by atoms with Crippen molar-refractivity contribution < 1.29 is 9.72 Å². The minimum absolute atomic E-state index is 0.0856. The van der Waals surface area contributed by atoms with Crippen LogP contribution >= 0.6 is 0 Å². The van der Waals surface area contributed by atoms with Gasteiger partial charge in [-0.1, -0.05) is 24.3 Å². The molecular weight excluding hydrogens is 220 g/mol. The second-order valence-electron chi connectivity index (χ2n) is 3.74. The molecule has 2 N–H and O–H groups in total. The van der Waals surface area contributed by atoms with E-state index in [1.807, 2.05) is 0 Å². The summed E-state index contributed by atoms with van der Waals surface area (Å²) in [7, 11) is 0. The van der Waals surface area contributed by atoms with Gasteiger partial charge in [0.1, 0.15) is 0 Å². The number of nitrogens with zero attached hydrogens (tertiary/aromatic N) is 1. The average molecular weight is 230 g/mol. The van der Waals surface area contributed by atoms with Crippen molar-refractivity contribution in [1.82, 2.24) is 0 Å². The summed E-state index contributed by atoms with van der Waals surface area (Å²) >= 11 is 0. The molecule has 0 aliphatic heterocycles. The maximum atomic E-state index is 11.4. The number of nitro groups is 1. The molecule has 0 saturated carbocycles. The Kier molecular flexibility index (Phi) is 2.51. The van der Waals surface area contributed by atoms with E-state index in [4.69, 9.17) is 5.73 Å². The van der Waals surface area contributed by atoms with Crippen molar-refractivity contribution in [3.63, 3.8) is 0 Å². The molecule has 2 aromatic rings. The van der Waals surface area contributed by atoms with Gasteiger partial charge in [-0.15, -0.1) is 0 Å². The van der Waals surface area contributed by atoms with Gasteiger partial charge in [-0.05, 0) is 17.7 Å². The minimum atomic E-state index is -0.651. The first-order chi connectivity index (χ1) is 8.02. The van der Waals surface area contributed by atoms with E-state index in [9.17, 15) is 14.9 Å². The maximum Gasteiger partial charge on any atom is 0.273 e. The van der Waals surface area contributed by atoms with E-state index in [0.29, 0.717) is 16.3 Å². The van der Waals surface area contributed by atoms with E-state index in [-0.39, 0.29) is 11.3 Å². The molecule has 5 heteroatoms. The highest BCUT2D eigenvalue weighted by atomic mass is 16.6. The molecule has 0 aliphatic rings. The highest BCUT2D eigenvalue weighted by Gasteiger charge is 2.20. The van der Waals surface area contributed by atoms with Crippen molar-refractivity contribution in [3.8, 4) is 0 Å². The van der Waals surface area contributed by atoms with Gasteiger partial charge in [-0.3, -0.25) is 14.9 Å². The molecule has 1 amide bonds. The zero-order valence-corrected chi connectivity index (χ0v) is 9.14. The maximum absolute atomic E-state index is 11.4. The van der Waals surface area contributed by atoms with Gasteiger partial charge >= 0.3 is 0 Å². The van der Waals surface area contributed by atoms with E-state index in [0.717, 1.165) is 0 Å². The zero-order valence-electron chi connectivity index (χ0n) is 9.14. The third kappa shape index (κ3) is 1.71. The van der Waals surface area contributed by atoms with Gasteiger partial charge in [0, 0.05) is 11.6 Å². The molecule has 0 atom stereocenters. The van der Waals surface area contributed by atoms with Crippen LogP contribution in [0.3, 0.4) is 0 Å². The van der Waals surface area contributed by atoms with Crippen molar-refractivity contribution in [1.29, 1.82) is 0 Å². The largest absolute Gasteiger partial charge is 0.366 e. The normalized spacial score (nSPS) is 10.4. The Bertz CT molecular complexity index is 635. The zero-order chi connectivity index (χ0) is 12.6. The molecule has 17 heavy (non-hydrogen) atoms. The highest BCUT2D eigenvalue weighted by Crippen LogP contribution is 2.29. The summed E-state index contributed by atoms with van der Waals surface area (Å²) in [6, 6.07) is 8.42. The molecule has 0 heterocycles. The predicted octanol–water partition coefficient (Wildman–Crippen LogP) is 2.16. The molecule has 2 rings (SSSR count). The minimum Gasteiger partial charge on any atom is -0.366 e. The molecular formula is C12H10N2O3. The number of amides is 1. The molecule has 0 radical (unpaired) electrons. The lowest BCUT2D eigenvalue weighted by molar-refractivity contribution is -0.385. The molecule has 2 aromatic carbocycles. The van der Waals surface area contributed by atoms with Crippen LogP contribution in [0.4, 0.5) is 5.69 Å². The van der Waals surface area contributed by atoms with Gasteiger partial charge in [0.2, 0.25) is 5.91 Å². The number of carbonyl (C=O) groups is 1. The molecule has 0 saturated heterocycles.